The lowest BCUT2D eigenvalue weighted by Gasteiger charge is -2.25. The van der Waals surface area contributed by atoms with Crippen molar-refractivity contribution in [1.29, 1.82) is 5.26 Å². The highest BCUT2D eigenvalue weighted by Gasteiger charge is 2.31. The second-order valence-electron chi connectivity index (χ2n) is 21.6. The van der Waals surface area contributed by atoms with Gasteiger partial charge >= 0.3 is 0 Å². The molecule has 4 heterocycles. The van der Waals surface area contributed by atoms with E-state index >= 15 is 4.79 Å². The van der Waals surface area contributed by atoms with Crippen LogP contribution in [0.4, 0.5) is 0 Å². The Labute approximate surface area is 389 Å². The average Bonchev–Trinajstić information content (AvgIpc) is 3.97. The normalized spacial score (nSPS) is 12.9. The number of hydrogen-bond donors (Lipinski definition) is 0. The van der Waals surface area contributed by atoms with Crippen LogP contribution in [0.2, 0.25) is 0 Å². The fraction of sp³-hybridized carbons (Fsp3) is 0.194. The van der Waals surface area contributed by atoms with Crippen molar-refractivity contribution in [2.75, 3.05) is 0 Å². The predicted octanol–water partition coefficient (Wildman–Crippen LogP) is 16.3. The largest absolute Gasteiger partial charge is 0.454 e. The summed E-state index contributed by atoms with van der Waals surface area (Å²) in [5.74, 6) is 0. The van der Waals surface area contributed by atoms with E-state index in [1.54, 1.807) is 0 Å². The van der Waals surface area contributed by atoms with Gasteiger partial charge in [-0.2, -0.15) is 5.26 Å². The first kappa shape index (κ1) is 40.8. The molecule has 8 aromatic carbocycles. The second-order valence-corrected chi connectivity index (χ2v) is 21.6. The molecule has 0 saturated carbocycles. The van der Waals surface area contributed by atoms with Crippen molar-refractivity contribution in [3.8, 4) is 34.0 Å². The number of pyridine rings is 1. The average molecular weight is 870 g/mol. The molecular formula is C62H51N3O2. The lowest BCUT2D eigenvalue weighted by atomic mass is 9.79. The van der Waals surface area contributed by atoms with Crippen LogP contribution < -0.4 is 5.56 Å². The summed E-state index contributed by atoms with van der Waals surface area (Å²) in [6.07, 6.45) is 0. The van der Waals surface area contributed by atoms with E-state index in [0.29, 0.717) is 16.5 Å². The van der Waals surface area contributed by atoms with Gasteiger partial charge < -0.3 is 8.82 Å². The highest BCUT2D eigenvalue weighted by atomic mass is 16.3. The molecule has 0 N–H and O–H groups in total. The van der Waals surface area contributed by atoms with E-state index in [2.05, 4.69) is 194 Å². The van der Waals surface area contributed by atoms with E-state index in [0.717, 1.165) is 104 Å². The van der Waals surface area contributed by atoms with Crippen molar-refractivity contribution in [2.45, 2.75) is 78.6 Å². The number of rotatable bonds is 3. The van der Waals surface area contributed by atoms with Crippen LogP contribution in [0.25, 0.3) is 110 Å². The summed E-state index contributed by atoms with van der Waals surface area (Å²) in [4.78, 5) is 15.9. The van der Waals surface area contributed by atoms with E-state index in [-0.39, 0.29) is 21.8 Å². The molecule has 12 aromatic rings. The minimum atomic E-state index is -0.216. The molecule has 67 heavy (non-hydrogen) atoms. The van der Waals surface area contributed by atoms with Gasteiger partial charge in [0.1, 0.15) is 11.7 Å². The van der Waals surface area contributed by atoms with Crippen LogP contribution in [0.5, 0.6) is 0 Å². The zero-order valence-electron chi connectivity index (χ0n) is 39.5. The molecule has 0 aliphatic heterocycles. The van der Waals surface area contributed by atoms with Crippen LogP contribution in [-0.2, 0) is 16.2 Å². The van der Waals surface area contributed by atoms with E-state index < -0.39 is 0 Å². The number of para-hydroxylation sites is 2. The topological polar surface area (TPSA) is 63.3 Å². The standard InChI is InChI=1S/C62H51N3O2/c1-60(2,3)38-28-45-44-32-43-42-23-16-17-26-50(42)65(55-40(35-19-12-10-13-20-35)24-18-25-41(55)36-21-14-11-15-22-36)59(66)46(43)33-51(44)64-52-27-37(34-63)57-54(53(52)47(29-38)56(45)64)48-30-39(61(4,5)6)31-49(58(48)67-57)62(7,8)9/h10-33H,1-9H3. The predicted molar refractivity (Wildman–Crippen MR) is 281 cm³/mol. The molecule has 0 aliphatic carbocycles. The Bertz CT molecular complexity index is 4100. The Balaban J connectivity index is 1.28. The van der Waals surface area contributed by atoms with Crippen LogP contribution in [-0.4, -0.2) is 8.97 Å². The third-order valence-corrected chi connectivity index (χ3v) is 14.3. The Morgan fingerprint density at radius 3 is 1.70 bits per heavy atom. The van der Waals surface area contributed by atoms with E-state index in [4.69, 9.17) is 4.42 Å². The third kappa shape index (κ3) is 5.88. The maximum atomic E-state index is 15.9. The molecule has 12 rings (SSSR count). The molecule has 0 saturated heterocycles. The van der Waals surface area contributed by atoms with E-state index in [9.17, 15) is 5.26 Å². The van der Waals surface area contributed by atoms with Crippen molar-refractivity contribution >= 4 is 81.7 Å². The molecule has 0 radical (unpaired) electrons. The molecule has 0 bridgehead atoms. The van der Waals surface area contributed by atoms with Crippen molar-refractivity contribution in [3.05, 3.63) is 178 Å². The first-order valence-electron chi connectivity index (χ1n) is 23.4. The number of nitriles is 1. The summed E-state index contributed by atoms with van der Waals surface area (Å²) in [5, 5.41) is 19.9. The van der Waals surface area contributed by atoms with Gasteiger partial charge in [0, 0.05) is 54.4 Å². The molecule has 5 nitrogen and oxygen atoms in total. The minimum absolute atomic E-state index is 0.0959. The van der Waals surface area contributed by atoms with Gasteiger partial charge in [0.05, 0.1) is 38.7 Å². The number of benzene rings is 8. The minimum Gasteiger partial charge on any atom is -0.454 e. The lowest BCUT2D eigenvalue weighted by Crippen LogP contribution is -2.20. The van der Waals surface area contributed by atoms with Crippen LogP contribution in [0.3, 0.4) is 0 Å². The zero-order chi connectivity index (χ0) is 46.5. The monoisotopic (exact) mass is 869 g/mol. The highest BCUT2D eigenvalue weighted by Crippen LogP contribution is 2.50. The molecule has 0 fully saturated rings. The molecule has 5 heteroatoms. The van der Waals surface area contributed by atoms with Gasteiger partial charge in [0.25, 0.3) is 5.56 Å². The van der Waals surface area contributed by atoms with Gasteiger partial charge in [-0.05, 0) is 86.3 Å². The molecule has 0 aliphatic rings. The van der Waals surface area contributed by atoms with Crippen LogP contribution in [0, 0.1) is 11.3 Å². The summed E-state index contributed by atoms with van der Waals surface area (Å²) in [7, 11) is 0. The Kier molecular flexibility index (Phi) is 8.48. The van der Waals surface area contributed by atoms with Crippen LogP contribution in [0.15, 0.2) is 155 Å². The number of furan rings is 1. The number of hydrogen-bond acceptors (Lipinski definition) is 3. The van der Waals surface area contributed by atoms with Crippen molar-refractivity contribution in [3.63, 3.8) is 0 Å². The fourth-order valence-corrected chi connectivity index (χ4v) is 10.9. The molecular weight excluding hydrogens is 819 g/mol. The SMILES string of the molecule is CC(C)(C)c1cc(C(C)(C)C)c2oc3c(C#N)cc4c(c5cc(C(C)(C)C)cc6c7cc8c(cc7n4c65)c(=O)n(-c4c(-c5ccccc5)cccc4-c4ccccc4)c4ccccc84)c3c2c1. The van der Waals surface area contributed by atoms with E-state index in [1.807, 2.05) is 28.8 Å². The summed E-state index contributed by atoms with van der Waals surface area (Å²) in [5.41, 5.74) is 13.5. The Hall–Kier alpha value is -7.68. The van der Waals surface area contributed by atoms with Crippen molar-refractivity contribution < 1.29 is 4.42 Å². The highest BCUT2D eigenvalue weighted by molar-refractivity contribution is 6.34. The molecule has 0 unspecified atom stereocenters. The van der Waals surface area contributed by atoms with Gasteiger partial charge in [-0.1, -0.05) is 165 Å². The first-order chi connectivity index (χ1) is 32.0. The molecule has 0 atom stereocenters. The van der Waals surface area contributed by atoms with E-state index in [1.165, 1.54) is 11.1 Å². The van der Waals surface area contributed by atoms with Crippen molar-refractivity contribution in [2.24, 2.45) is 0 Å². The molecule has 0 amide bonds. The molecule has 326 valence electrons. The summed E-state index contributed by atoms with van der Waals surface area (Å²) < 4.78 is 11.2. The number of aromatic nitrogens is 2. The zero-order valence-corrected chi connectivity index (χ0v) is 39.5. The quantitative estimate of drug-likeness (QED) is 0.166. The van der Waals surface area contributed by atoms with Crippen molar-refractivity contribution in [1.82, 2.24) is 8.97 Å². The molecule has 0 spiro atoms. The Morgan fingerprint density at radius 2 is 1.07 bits per heavy atom. The second kappa shape index (κ2) is 13.9. The maximum Gasteiger partial charge on any atom is 0.263 e. The van der Waals surface area contributed by atoms with Gasteiger partial charge in [0.15, 0.2) is 5.58 Å². The summed E-state index contributed by atoms with van der Waals surface area (Å²) >= 11 is 0. The van der Waals surface area contributed by atoms with Crippen LogP contribution >= 0.6 is 0 Å². The van der Waals surface area contributed by atoms with Gasteiger partial charge in [-0.3, -0.25) is 9.36 Å². The number of fused-ring (bicyclic) bond motifs is 13. The van der Waals surface area contributed by atoms with Gasteiger partial charge in [0.2, 0.25) is 0 Å². The smallest absolute Gasteiger partial charge is 0.263 e. The number of nitrogens with zero attached hydrogens (tertiary/aromatic N) is 3. The van der Waals surface area contributed by atoms with Gasteiger partial charge in [-0.25, -0.2) is 0 Å². The first-order valence-corrected chi connectivity index (χ1v) is 23.4. The third-order valence-electron chi connectivity index (χ3n) is 14.3. The maximum absolute atomic E-state index is 15.9. The van der Waals surface area contributed by atoms with Gasteiger partial charge in [-0.15, -0.1) is 0 Å². The fourth-order valence-electron chi connectivity index (χ4n) is 10.9. The molecule has 4 aromatic heterocycles. The Morgan fingerprint density at radius 1 is 0.478 bits per heavy atom. The van der Waals surface area contributed by atoms with Crippen LogP contribution in [0.1, 0.15) is 84.6 Å². The lowest BCUT2D eigenvalue weighted by molar-refractivity contribution is 0.559. The summed E-state index contributed by atoms with van der Waals surface area (Å²) in [6.45, 7) is 20.3. The summed E-state index contributed by atoms with van der Waals surface area (Å²) in [6, 6.07) is 53.6.